The van der Waals surface area contributed by atoms with Crippen molar-refractivity contribution in [3.8, 4) is 11.5 Å². The normalized spacial score (nSPS) is 11.9. The van der Waals surface area contributed by atoms with E-state index in [4.69, 9.17) is 14.2 Å². The molecule has 1 aromatic carbocycles. The summed E-state index contributed by atoms with van der Waals surface area (Å²) >= 11 is 0. The van der Waals surface area contributed by atoms with Crippen LogP contribution >= 0.6 is 0 Å². The molecule has 104 valence electrons. The maximum Gasteiger partial charge on any atom is 0.311 e. The molecule has 0 N–H and O–H groups in total. The van der Waals surface area contributed by atoms with E-state index in [0.717, 1.165) is 11.1 Å². The maximum atomic E-state index is 5.30. The number of hydrogen-bond acceptors (Lipinski definition) is 3. The lowest BCUT2D eigenvalue weighted by Crippen LogP contribution is -2.32. The fourth-order valence-corrected chi connectivity index (χ4v) is 2.14. The molecule has 0 aliphatic rings. The highest BCUT2D eigenvalue weighted by Gasteiger charge is 2.32. The van der Waals surface area contributed by atoms with Crippen LogP contribution in [0.25, 0.3) is 0 Å². The van der Waals surface area contributed by atoms with Crippen molar-refractivity contribution in [1.82, 2.24) is 0 Å². The monoisotopic (exact) mass is 278 g/mol. The summed E-state index contributed by atoms with van der Waals surface area (Å²) in [4.78, 5) is 0. The average molecular weight is 278 g/mol. The van der Waals surface area contributed by atoms with Gasteiger partial charge in [0.25, 0.3) is 0 Å². The molecule has 0 aliphatic heterocycles. The fourth-order valence-electron chi connectivity index (χ4n) is 1.62. The van der Waals surface area contributed by atoms with Gasteiger partial charge in [-0.05, 0) is 24.3 Å². The van der Waals surface area contributed by atoms with Gasteiger partial charge in [-0.2, -0.15) is 0 Å². The van der Waals surface area contributed by atoms with Crippen LogP contribution in [0.2, 0.25) is 19.6 Å². The minimum absolute atomic E-state index is 0.804. The largest absolute Gasteiger partial charge is 0.327 e. The van der Waals surface area contributed by atoms with Gasteiger partial charge >= 0.3 is 5.97 Å². The summed E-state index contributed by atoms with van der Waals surface area (Å²) in [5.41, 5.74) is 5.13. The van der Waals surface area contributed by atoms with Gasteiger partial charge in [0.2, 0.25) is 0 Å². The SMILES string of the molecule is COC(OC)(OC)c1ccc(C#C[Si](C)(C)C)cc1. The second kappa shape index (κ2) is 6.35. The average Bonchev–Trinajstić information content (AvgIpc) is 2.39. The Balaban J connectivity index is 3.01. The first kappa shape index (κ1) is 15.9. The Hall–Kier alpha value is -1.12. The van der Waals surface area contributed by atoms with Crippen LogP contribution in [0.15, 0.2) is 24.3 Å². The minimum Gasteiger partial charge on any atom is -0.327 e. The van der Waals surface area contributed by atoms with Gasteiger partial charge in [0.05, 0.1) is 0 Å². The van der Waals surface area contributed by atoms with Gasteiger partial charge in [-0.3, -0.25) is 0 Å². The first-order valence-electron chi connectivity index (χ1n) is 6.16. The lowest BCUT2D eigenvalue weighted by atomic mass is 10.1. The van der Waals surface area contributed by atoms with Crippen molar-refractivity contribution in [1.29, 1.82) is 0 Å². The van der Waals surface area contributed by atoms with Crippen LogP contribution < -0.4 is 0 Å². The maximum absolute atomic E-state index is 5.30. The van der Waals surface area contributed by atoms with Gasteiger partial charge in [-0.15, -0.1) is 5.54 Å². The summed E-state index contributed by atoms with van der Waals surface area (Å²) in [7, 11) is 3.30. The van der Waals surface area contributed by atoms with Crippen LogP contribution in [0.4, 0.5) is 0 Å². The molecule has 0 fully saturated rings. The lowest BCUT2D eigenvalue weighted by molar-refractivity contribution is -0.364. The van der Waals surface area contributed by atoms with Crippen LogP contribution in [0, 0.1) is 11.5 Å². The van der Waals surface area contributed by atoms with Gasteiger partial charge in [0.1, 0.15) is 8.07 Å². The first-order chi connectivity index (χ1) is 8.87. The molecule has 0 saturated carbocycles. The molecule has 0 aliphatic carbocycles. The highest BCUT2D eigenvalue weighted by molar-refractivity contribution is 6.83. The zero-order chi connectivity index (χ0) is 14.5. The number of methoxy groups -OCH3 is 3. The second-order valence-electron chi connectivity index (χ2n) is 5.25. The molecular weight excluding hydrogens is 256 g/mol. The molecule has 4 heteroatoms. The summed E-state index contributed by atoms with van der Waals surface area (Å²) < 4.78 is 15.9. The van der Waals surface area contributed by atoms with Crippen molar-refractivity contribution in [2.75, 3.05) is 21.3 Å². The van der Waals surface area contributed by atoms with Gasteiger partial charge in [0, 0.05) is 32.5 Å². The van der Waals surface area contributed by atoms with Crippen molar-refractivity contribution >= 4 is 8.07 Å². The summed E-state index contributed by atoms with van der Waals surface area (Å²) in [5, 5.41) is 0. The zero-order valence-electron chi connectivity index (χ0n) is 12.5. The number of rotatable bonds is 4. The number of benzene rings is 1. The predicted molar refractivity (Wildman–Crippen MR) is 79.4 cm³/mol. The molecule has 0 amide bonds. The third kappa shape index (κ3) is 4.18. The van der Waals surface area contributed by atoms with Gasteiger partial charge in [0.15, 0.2) is 0 Å². The lowest BCUT2D eigenvalue weighted by Gasteiger charge is -2.28. The molecule has 1 aromatic rings. The van der Waals surface area contributed by atoms with Crippen molar-refractivity contribution in [2.45, 2.75) is 25.6 Å². The van der Waals surface area contributed by atoms with Crippen molar-refractivity contribution in [3.63, 3.8) is 0 Å². The van der Waals surface area contributed by atoms with Crippen molar-refractivity contribution < 1.29 is 14.2 Å². The Morgan fingerprint density at radius 2 is 1.37 bits per heavy atom. The Morgan fingerprint density at radius 3 is 1.74 bits per heavy atom. The zero-order valence-corrected chi connectivity index (χ0v) is 13.5. The summed E-state index contributed by atoms with van der Waals surface area (Å²) in [6, 6.07) is 7.72. The Labute approximate surface area is 116 Å². The molecule has 0 saturated heterocycles. The van der Waals surface area contributed by atoms with E-state index in [1.165, 1.54) is 0 Å². The predicted octanol–water partition coefficient (Wildman–Crippen LogP) is 2.97. The minimum atomic E-state index is -1.35. The van der Waals surface area contributed by atoms with E-state index in [1.54, 1.807) is 21.3 Å². The molecule has 19 heavy (non-hydrogen) atoms. The molecular formula is C15H22O3Si. The fraction of sp³-hybridized carbons (Fsp3) is 0.467. The molecule has 0 aromatic heterocycles. The van der Waals surface area contributed by atoms with Crippen LogP contribution in [0.1, 0.15) is 11.1 Å². The molecule has 0 bridgehead atoms. The van der Waals surface area contributed by atoms with E-state index in [1.807, 2.05) is 24.3 Å². The molecule has 1 rings (SSSR count). The number of hydrogen-bond donors (Lipinski definition) is 0. The van der Waals surface area contributed by atoms with Crippen LogP contribution in [-0.2, 0) is 20.2 Å². The van der Waals surface area contributed by atoms with E-state index in [2.05, 4.69) is 31.1 Å². The third-order valence-corrected chi connectivity index (χ3v) is 3.50. The van der Waals surface area contributed by atoms with Crippen LogP contribution in [0.5, 0.6) is 0 Å². The molecule has 0 heterocycles. The topological polar surface area (TPSA) is 27.7 Å². The Bertz CT molecular complexity index is 451. The van der Waals surface area contributed by atoms with E-state index in [-0.39, 0.29) is 0 Å². The van der Waals surface area contributed by atoms with Crippen LogP contribution in [0.3, 0.4) is 0 Å². The van der Waals surface area contributed by atoms with Gasteiger partial charge in [-0.25, -0.2) is 0 Å². The van der Waals surface area contributed by atoms with E-state index in [0.29, 0.717) is 0 Å². The van der Waals surface area contributed by atoms with E-state index in [9.17, 15) is 0 Å². The highest BCUT2D eigenvalue weighted by Crippen LogP contribution is 2.26. The summed E-state index contributed by atoms with van der Waals surface area (Å²) in [5.74, 6) is 2.06. The van der Waals surface area contributed by atoms with Crippen LogP contribution in [-0.4, -0.2) is 29.4 Å². The Morgan fingerprint density at radius 1 is 0.895 bits per heavy atom. The van der Waals surface area contributed by atoms with Gasteiger partial charge < -0.3 is 14.2 Å². The quantitative estimate of drug-likeness (QED) is 0.481. The third-order valence-electron chi connectivity index (χ3n) is 2.63. The highest BCUT2D eigenvalue weighted by atomic mass is 28.3. The number of ether oxygens (including phenoxy) is 3. The van der Waals surface area contributed by atoms with E-state index < -0.39 is 14.0 Å². The van der Waals surface area contributed by atoms with Crippen molar-refractivity contribution in [2.24, 2.45) is 0 Å². The standard InChI is InChI=1S/C15H22O3Si/c1-16-15(17-2,18-3)14-9-7-13(8-10-14)11-12-19(4,5)6/h7-10H,1-6H3. The Kier molecular flexibility index (Phi) is 5.33. The molecule has 0 atom stereocenters. The second-order valence-corrected chi connectivity index (χ2v) is 10.00. The van der Waals surface area contributed by atoms with E-state index >= 15 is 0 Å². The summed E-state index contributed by atoms with van der Waals surface area (Å²) in [6.45, 7) is 6.67. The smallest absolute Gasteiger partial charge is 0.311 e. The molecule has 3 nitrogen and oxygen atoms in total. The molecule has 0 unspecified atom stereocenters. The van der Waals surface area contributed by atoms with Crippen molar-refractivity contribution in [3.05, 3.63) is 35.4 Å². The first-order valence-corrected chi connectivity index (χ1v) is 9.66. The summed E-state index contributed by atoms with van der Waals surface area (Å²) in [6.07, 6.45) is 0. The van der Waals surface area contributed by atoms with Gasteiger partial charge in [-0.1, -0.05) is 25.6 Å². The molecule has 0 spiro atoms. The molecule has 0 radical (unpaired) electrons.